The molecule has 0 aromatic carbocycles. The van der Waals surface area contributed by atoms with Crippen LogP contribution in [0.2, 0.25) is 0 Å². The summed E-state index contributed by atoms with van der Waals surface area (Å²) in [7, 11) is 3.56. The smallest absolute Gasteiger partial charge is 0.191 e. The Hall–Kier alpha value is -0.0800. The first-order chi connectivity index (χ1) is 9.67. The lowest BCUT2D eigenvalue weighted by molar-refractivity contribution is 0.195. The van der Waals surface area contributed by atoms with Crippen molar-refractivity contribution >= 4 is 29.9 Å². The number of methoxy groups -OCH3 is 1. The average Bonchev–Trinajstić information content (AvgIpc) is 2.84. The molecule has 1 aliphatic rings. The highest BCUT2D eigenvalue weighted by Crippen LogP contribution is 2.17. The molecular weight excluding hydrogens is 379 g/mol. The van der Waals surface area contributed by atoms with Crippen LogP contribution in [-0.4, -0.2) is 63.8 Å². The third kappa shape index (κ3) is 8.83. The molecule has 126 valence electrons. The van der Waals surface area contributed by atoms with E-state index in [2.05, 4.69) is 34.4 Å². The Bertz CT molecular complexity index is 287. The van der Waals surface area contributed by atoms with Gasteiger partial charge in [-0.2, -0.15) is 0 Å². The van der Waals surface area contributed by atoms with Crippen LogP contribution in [0.1, 0.15) is 33.1 Å². The van der Waals surface area contributed by atoms with Crippen molar-refractivity contribution < 1.29 is 4.74 Å². The minimum absolute atomic E-state index is 0. The summed E-state index contributed by atoms with van der Waals surface area (Å²) in [6.07, 6.45) is 3.61. The van der Waals surface area contributed by atoms with Crippen LogP contribution in [0.5, 0.6) is 0 Å². The van der Waals surface area contributed by atoms with Crippen molar-refractivity contribution in [2.45, 2.75) is 39.2 Å². The number of rotatable bonds is 8. The number of ether oxygens (including phenoxy) is 1. The summed E-state index contributed by atoms with van der Waals surface area (Å²) in [4.78, 5) is 6.87. The molecule has 1 fully saturated rings. The summed E-state index contributed by atoms with van der Waals surface area (Å²) in [6.45, 7) is 9.69. The van der Waals surface area contributed by atoms with E-state index in [9.17, 15) is 0 Å². The van der Waals surface area contributed by atoms with Crippen LogP contribution in [0, 0.1) is 5.92 Å². The maximum Gasteiger partial charge on any atom is 0.191 e. The standard InChI is InChI=1S/C15H32N4O.HI/c1-13(2)12-19-9-5-7-14(19)11-18-15(16-3)17-8-6-10-20-4;/h13-14H,5-12H2,1-4H3,(H2,16,17,18);1H/t14-;/m1./s1. The first-order valence-corrected chi connectivity index (χ1v) is 7.84. The van der Waals surface area contributed by atoms with E-state index in [1.165, 1.54) is 25.9 Å². The van der Waals surface area contributed by atoms with Gasteiger partial charge >= 0.3 is 0 Å². The predicted octanol–water partition coefficient (Wildman–Crippen LogP) is 1.93. The lowest BCUT2D eigenvalue weighted by Gasteiger charge is -2.27. The maximum atomic E-state index is 5.04. The summed E-state index contributed by atoms with van der Waals surface area (Å²) in [5.41, 5.74) is 0. The lowest BCUT2D eigenvalue weighted by atomic mass is 10.1. The van der Waals surface area contributed by atoms with Gasteiger partial charge in [-0.1, -0.05) is 13.8 Å². The summed E-state index contributed by atoms with van der Waals surface area (Å²) in [5.74, 6) is 1.64. The minimum Gasteiger partial charge on any atom is -0.385 e. The molecule has 21 heavy (non-hydrogen) atoms. The molecule has 5 nitrogen and oxygen atoms in total. The van der Waals surface area contributed by atoms with Crippen LogP contribution in [0.3, 0.4) is 0 Å². The molecule has 0 bridgehead atoms. The lowest BCUT2D eigenvalue weighted by Crippen LogP contribution is -2.45. The Morgan fingerprint density at radius 1 is 1.38 bits per heavy atom. The van der Waals surface area contributed by atoms with E-state index in [0.29, 0.717) is 6.04 Å². The normalized spacial score (nSPS) is 19.7. The van der Waals surface area contributed by atoms with E-state index < -0.39 is 0 Å². The molecular formula is C15H33IN4O. The highest BCUT2D eigenvalue weighted by Gasteiger charge is 2.24. The van der Waals surface area contributed by atoms with Crippen LogP contribution in [0.15, 0.2) is 4.99 Å². The van der Waals surface area contributed by atoms with Gasteiger partial charge in [-0.3, -0.25) is 9.89 Å². The Balaban J connectivity index is 0.00000400. The molecule has 0 radical (unpaired) electrons. The van der Waals surface area contributed by atoms with Gasteiger partial charge in [-0.05, 0) is 31.7 Å². The maximum absolute atomic E-state index is 5.04. The third-order valence-corrected chi connectivity index (χ3v) is 3.65. The van der Waals surface area contributed by atoms with E-state index in [-0.39, 0.29) is 24.0 Å². The van der Waals surface area contributed by atoms with Crippen molar-refractivity contribution in [1.82, 2.24) is 15.5 Å². The molecule has 0 amide bonds. The molecule has 2 N–H and O–H groups in total. The Kier molecular flexibility index (Phi) is 12.4. The summed E-state index contributed by atoms with van der Waals surface area (Å²) in [6, 6.07) is 0.648. The number of hydrogen-bond donors (Lipinski definition) is 2. The number of nitrogens with zero attached hydrogens (tertiary/aromatic N) is 2. The van der Waals surface area contributed by atoms with Gasteiger partial charge in [0.2, 0.25) is 0 Å². The quantitative estimate of drug-likeness (QED) is 0.277. The molecule has 0 spiro atoms. The first-order valence-electron chi connectivity index (χ1n) is 7.84. The number of halogens is 1. The van der Waals surface area contributed by atoms with Gasteiger partial charge in [0.25, 0.3) is 0 Å². The Morgan fingerprint density at radius 3 is 2.76 bits per heavy atom. The van der Waals surface area contributed by atoms with Crippen LogP contribution in [0.25, 0.3) is 0 Å². The second-order valence-corrected chi connectivity index (χ2v) is 5.91. The molecule has 1 heterocycles. The highest BCUT2D eigenvalue weighted by atomic mass is 127. The molecule has 1 saturated heterocycles. The number of nitrogens with one attached hydrogen (secondary N) is 2. The predicted molar refractivity (Wildman–Crippen MR) is 101 cm³/mol. The number of guanidine groups is 1. The largest absolute Gasteiger partial charge is 0.385 e. The average molecular weight is 412 g/mol. The first kappa shape index (κ1) is 20.9. The van der Waals surface area contributed by atoms with Crippen molar-refractivity contribution in [2.24, 2.45) is 10.9 Å². The second kappa shape index (κ2) is 12.5. The molecule has 1 aliphatic heterocycles. The Labute approximate surface area is 147 Å². The number of hydrogen-bond acceptors (Lipinski definition) is 3. The fourth-order valence-electron chi connectivity index (χ4n) is 2.69. The third-order valence-electron chi connectivity index (χ3n) is 3.65. The van der Waals surface area contributed by atoms with Crippen LogP contribution < -0.4 is 10.6 Å². The molecule has 0 aromatic rings. The Morgan fingerprint density at radius 2 is 2.14 bits per heavy atom. The van der Waals surface area contributed by atoms with E-state index >= 15 is 0 Å². The fourth-order valence-corrected chi connectivity index (χ4v) is 2.69. The SMILES string of the molecule is CN=C(NCCCOC)NC[C@H]1CCCN1CC(C)C.I. The number of likely N-dealkylation sites (tertiary alicyclic amines) is 1. The molecule has 0 aliphatic carbocycles. The molecule has 0 unspecified atom stereocenters. The van der Waals surface area contributed by atoms with Gasteiger partial charge in [0.05, 0.1) is 0 Å². The molecule has 0 aromatic heterocycles. The summed E-state index contributed by atoms with van der Waals surface area (Å²) in [5, 5.41) is 6.77. The van der Waals surface area contributed by atoms with Crippen LogP contribution >= 0.6 is 24.0 Å². The summed E-state index contributed by atoms with van der Waals surface area (Å²) < 4.78 is 5.04. The highest BCUT2D eigenvalue weighted by molar-refractivity contribution is 14.0. The zero-order chi connectivity index (χ0) is 14.8. The summed E-state index contributed by atoms with van der Waals surface area (Å²) >= 11 is 0. The van der Waals surface area contributed by atoms with Crippen molar-refractivity contribution in [3.63, 3.8) is 0 Å². The zero-order valence-electron chi connectivity index (χ0n) is 14.0. The monoisotopic (exact) mass is 412 g/mol. The van der Waals surface area contributed by atoms with E-state index in [4.69, 9.17) is 4.74 Å². The zero-order valence-corrected chi connectivity index (χ0v) is 16.4. The minimum atomic E-state index is 0. The van der Waals surface area contributed by atoms with Crippen molar-refractivity contribution in [3.8, 4) is 0 Å². The molecule has 1 rings (SSSR count). The van der Waals surface area contributed by atoms with E-state index in [1.54, 1.807) is 7.11 Å². The second-order valence-electron chi connectivity index (χ2n) is 5.91. The van der Waals surface area contributed by atoms with Gasteiger partial charge in [-0.25, -0.2) is 0 Å². The topological polar surface area (TPSA) is 48.9 Å². The molecule has 1 atom stereocenters. The van der Waals surface area contributed by atoms with Gasteiger partial charge in [0, 0.05) is 46.4 Å². The van der Waals surface area contributed by atoms with Gasteiger partial charge in [-0.15, -0.1) is 24.0 Å². The van der Waals surface area contributed by atoms with Gasteiger partial charge in [0.15, 0.2) is 5.96 Å². The van der Waals surface area contributed by atoms with E-state index in [1.807, 2.05) is 7.05 Å². The van der Waals surface area contributed by atoms with Gasteiger partial charge in [0.1, 0.15) is 0 Å². The van der Waals surface area contributed by atoms with Crippen LogP contribution in [0.4, 0.5) is 0 Å². The van der Waals surface area contributed by atoms with Crippen LogP contribution in [-0.2, 0) is 4.74 Å². The van der Waals surface area contributed by atoms with Crippen molar-refractivity contribution in [1.29, 1.82) is 0 Å². The fraction of sp³-hybridized carbons (Fsp3) is 0.933. The van der Waals surface area contributed by atoms with Crippen molar-refractivity contribution in [2.75, 3.05) is 46.9 Å². The molecule has 0 saturated carbocycles. The van der Waals surface area contributed by atoms with Crippen molar-refractivity contribution in [3.05, 3.63) is 0 Å². The number of aliphatic imine (C=N–C) groups is 1. The van der Waals surface area contributed by atoms with E-state index in [0.717, 1.165) is 38.0 Å². The van der Waals surface area contributed by atoms with Gasteiger partial charge < -0.3 is 15.4 Å². The molecule has 6 heteroatoms.